The van der Waals surface area contributed by atoms with Gasteiger partial charge in [0.2, 0.25) is 0 Å². The minimum Gasteiger partial charge on any atom is -0.481 e. The van der Waals surface area contributed by atoms with Crippen LogP contribution in [0.1, 0.15) is 12.7 Å². The summed E-state index contributed by atoms with van der Waals surface area (Å²) in [4.78, 5) is 14.9. The summed E-state index contributed by atoms with van der Waals surface area (Å²) >= 11 is 0. The van der Waals surface area contributed by atoms with Crippen LogP contribution in [-0.2, 0) is 18.3 Å². The molecule has 0 amide bonds. The van der Waals surface area contributed by atoms with Gasteiger partial charge in [0.25, 0.3) is 0 Å². The maximum absolute atomic E-state index is 11.0. The molecule has 0 bridgehead atoms. The summed E-state index contributed by atoms with van der Waals surface area (Å²) in [6.07, 6.45) is 1.68. The van der Waals surface area contributed by atoms with E-state index in [2.05, 4.69) is 10.1 Å². The van der Waals surface area contributed by atoms with Crippen LogP contribution in [0.15, 0.2) is 6.33 Å². The SMILES string of the molecule is Cn1ncnc1CC(C)(CN)C(=O)O. The third-order valence-electron chi connectivity index (χ3n) is 2.32. The van der Waals surface area contributed by atoms with Crippen LogP contribution in [-0.4, -0.2) is 32.4 Å². The van der Waals surface area contributed by atoms with Crippen molar-refractivity contribution in [2.45, 2.75) is 13.3 Å². The van der Waals surface area contributed by atoms with Crippen molar-refractivity contribution in [2.75, 3.05) is 6.54 Å². The van der Waals surface area contributed by atoms with Gasteiger partial charge < -0.3 is 10.8 Å². The smallest absolute Gasteiger partial charge is 0.311 e. The summed E-state index contributed by atoms with van der Waals surface area (Å²) in [5.41, 5.74) is 4.46. The van der Waals surface area contributed by atoms with Crippen molar-refractivity contribution in [3.05, 3.63) is 12.2 Å². The Bertz CT molecular complexity index is 336. The Labute approximate surface area is 81.7 Å². The van der Waals surface area contributed by atoms with E-state index in [9.17, 15) is 4.79 Å². The normalized spacial score (nSPS) is 15.1. The Hall–Kier alpha value is -1.43. The van der Waals surface area contributed by atoms with Gasteiger partial charge in [0, 0.05) is 20.0 Å². The van der Waals surface area contributed by atoms with Crippen molar-refractivity contribution in [3.8, 4) is 0 Å². The Morgan fingerprint density at radius 3 is 2.79 bits per heavy atom. The monoisotopic (exact) mass is 198 g/mol. The zero-order valence-corrected chi connectivity index (χ0v) is 8.27. The van der Waals surface area contributed by atoms with Crippen LogP contribution in [0.25, 0.3) is 0 Å². The number of nitrogens with zero attached hydrogens (tertiary/aromatic N) is 3. The molecule has 0 saturated carbocycles. The van der Waals surface area contributed by atoms with Crippen LogP contribution >= 0.6 is 0 Å². The molecule has 0 fully saturated rings. The van der Waals surface area contributed by atoms with Crippen LogP contribution in [0, 0.1) is 5.41 Å². The maximum Gasteiger partial charge on any atom is 0.311 e. The molecule has 1 unspecified atom stereocenters. The van der Waals surface area contributed by atoms with E-state index in [-0.39, 0.29) is 13.0 Å². The molecule has 0 saturated heterocycles. The predicted octanol–water partition coefficient (Wildman–Crippen LogP) is -0.593. The molecule has 0 radical (unpaired) electrons. The summed E-state index contributed by atoms with van der Waals surface area (Å²) in [5, 5.41) is 12.9. The fourth-order valence-corrected chi connectivity index (χ4v) is 1.06. The summed E-state index contributed by atoms with van der Waals surface area (Å²) in [5.74, 6) is -0.289. The second kappa shape index (κ2) is 3.75. The van der Waals surface area contributed by atoms with Gasteiger partial charge >= 0.3 is 5.97 Å². The number of carboxylic acid groups (broad SMARTS) is 1. The minimum atomic E-state index is -0.971. The molecule has 1 aromatic heterocycles. The molecule has 1 rings (SSSR count). The van der Waals surface area contributed by atoms with E-state index < -0.39 is 11.4 Å². The van der Waals surface area contributed by atoms with Gasteiger partial charge in [-0.25, -0.2) is 4.98 Å². The van der Waals surface area contributed by atoms with E-state index in [0.717, 1.165) is 0 Å². The van der Waals surface area contributed by atoms with Gasteiger partial charge in [-0.2, -0.15) is 5.10 Å². The van der Waals surface area contributed by atoms with Crippen molar-refractivity contribution in [3.63, 3.8) is 0 Å². The Morgan fingerprint density at radius 2 is 2.43 bits per heavy atom. The second-order valence-electron chi connectivity index (χ2n) is 3.55. The average Bonchev–Trinajstić information content (AvgIpc) is 2.51. The molecular weight excluding hydrogens is 184 g/mol. The largest absolute Gasteiger partial charge is 0.481 e. The van der Waals surface area contributed by atoms with Gasteiger partial charge in [-0.3, -0.25) is 9.48 Å². The molecule has 0 aliphatic heterocycles. The topological polar surface area (TPSA) is 94.0 Å². The van der Waals surface area contributed by atoms with Crippen LogP contribution in [0.4, 0.5) is 0 Å². The predicted molar refractivity (Wildman–Crippen MR) is 49.5 cm³/mol. The second-order valence-corrected chi connectivity index (χ2v) is 3.55. The van der Waals surface area contributed by atoms with E-state index in [0.29, 0.717) is 5.82 Å². The zero-order valence-electron chi connectivity index (χ0n) is 8.27. The molecule has 6 nitrogen and oxygen atoms in total. The highest BCUT2D eigenvalue weighted by molar-refractivity contribution is 5.74. The van der Waals surface area contributed by atoms with Crippen molar-refractivity contribution in [1.29, 1.82) is 0 Å². The molecule has 3 N–H and O–H groups in total. The van der Waals surface area contributed by atoms with E-state index in [1.165, 1.54) is 6.33 Å². The number of carbonyl (C=O) groups is 1. The fourth-order valence-electron chi connectivity index (χ4n) is 1.06. The van der Waals surface area contributed by atoms with Gasteiger partial charge in [-0.05, 0) is 6.92 Å². The third kappa shape index (κ3) is 1.90. The first kappa shape index (κ1) is 10.6. The van der Waals surface area contributed by atoms with Gasteiger partial charge in [0.15, 0.2) is 0 Å². The summed E-state index contributed by atoms with van der Waals surface area (Å²) in [6.45, 7) is 1.68. The number of carboxylic acids is 1. The summed E-state index contributed by atoms with van der Waals surface area (Å²) < 4.78 is 1.55. The highest BCUT2D eigenvalue weighted by atomic mass is 16.4. The molecular formula is C8H14N4O2. The maximum atomic E-state index is 11.0. The van der Waals surface area contributed by atoms with Crippen molar-refractivity contribution in [1.82, 2.24) is 14.8 Å². The lowest BCUT2D eigenvalue weighted by atomic mass is 9.87. The van der Waals surface area contributed by atoms with Crippen molar-refractivity contribution in [2.24, 2.45) is 18.2 Å². The van der Waals surface area contributed by atoms with E-state index >= 15 is 0 Å². The van der Waals surface area contributed by atoms with Gasteiger partial charge in [0.05, 0.1) is 5.41 Å². The zero-order chi connectivity index (χ0) is 10.8. The number of hydrogen-bond donors (Lipinski definition) is 2. The highest BCUT2D eigenvalue weighted by Gasteiger charge is 2.33. The number of aryl methyl sites for hydroxylation is 1. The third-order valence-corrected chi connectivity index (χ3v) is 2.32. The Kier molecular flexibility index (Phi) is 2.85. The molecule has 14 heavy (non-hydrogen) atoms. The molecule has 6 heteroatoms. The van der Waals surface area contributed by atoms with Crippen LogP contribution in [0.2, 0.25) is 0 Å². The lowest BCUT2D eigenvalue weighted by Gasteiger charge is -2.21. The quantitative estimate of drug-likeness (QED) is 0.674. The number of hydrogen-bond acceptors (Lipinski definition) is 4. The summed E-state index contributed by atoms with van der Waals surface area (Å²) in [6, 6.07) is 0. The molecule has 0 aliphatic rings. The Balaban J connectivity index is 2.86. The van der Waals surface area contributed by atoms with Gasteiger partial charge in [-0.15, -0.1) is 0 Å². The molecule has 0 spiro atoms. The molecule has 0 aliphatic carbocycles. The minimum absolute atomic E-state index is 0.0786. The highest BCUT2D eigenvalue weighted by Crippen LogP contribution is 2.19. The van der Waals surface area contributed by atoms with Crippen molar-refractivity contribution >= 4 is 5.97 Å². The summed E-state index contributed by atoms with van der Waals surface area (Å²) in [7, 11) is 1.72. The Morgan fingerprint density at radius 1 is 1.79 bits per heavy atom. The van der Waals surface area contributed by atoms with E-state index in [4.69, 9.17) is 10.8 Å². The average molecular weight is 198 g/mol. The number of aromatic nitrogens is 3. The van der Waals surface area contributed by atoms with Crippen LogP contribution in [0.5, 0.6) is 0 Å². The van der Waals surface area contributed by atoms with E-state index in [1.807, 2.05) is 0 Å². The van der Waals surface area contributed by atoms with Crippen LogP contribution < -0.4 is 5.73 Å². The molecule has 0 aromatic carbocycles. The number of nitrogens with two attached hydrogens (primary N) is 1. The first-order chi connectivity index (χ1) is 6.49. The lowest BCUT2D eigenvalue weighted by molar-refractivity contribution is -0.147. The fraction of sp³-hybridized carbons (Fsp3) is 0.625. The first-order valence-electron chi connectivity index (χ1n) is 4.26. The van der Waals surface area contributed by atoms with Gasteiger partial charge in [-0.1, -0.05) is 0 Å². The standard InChI is InChI=1S/C8H14N4O2/c1-8(4-9,7(13)14)3-6-10-5-11-12(6)2/h5H,3-4,9H2,1-2H3,(H,13,14). The van der Waals surface area contributed by atoms with Crippen molar-refractivity contribution < 1.29 is 9.90 Å². The molecule has 1 heterocycles. The molecule has 78 valence electrons. The first-order valence-corrected chi connectivity index (χ1v) is 4.26. The molecule has 1 atom stereocenters. The van der Waals surface area contributed by atoms with Gasteiger partial charge in [0.1, 0.15) is 12.2 Å². The lowest BCUT2D eigenvalue weighted by Crippen LogP contribution is -2.38. The number of aliphatic carboxylic acids is 1. The number of rotatable bonds is 4. The molecule has 1 aromatic rings. The van der Waals surface area contributed by atoms with Crippen LogP contribution in [0.3, 0.4) is 0 Å². The van der Waals surface area contributed by atoms with E-state index in [1.54, 1.807) is 18.7 Å².